The van der Waals surface area contributed by atoms with E-state index in [4.69, 9.17) is 4.43 Å². The van der Waals surface area contributed by atoms with Gasteiger partial charge in [0.05, 0.1) is 6.10 Å². The maximum Gasteiger partial charge on any atom is 0.193 e. The zero-order chi connectivity index (χ0) is 12.7. The highest BCUT2D eigenvalue weighted by molar-refractivity contribution is 6.73. The van der Waals surface area contributed by atoms with Crippen molar-refractivity contribution in [3.05, 3.63) is 48.6 Å². The second kappa shape index (κ2) is 6.77. The van der Waals surface area contributed by atoms with Gasteiger partial charge in [-0.25, -0.2) is 0 Å². The van der Waals surface area contributed by atoms with Crippen molar-refractivity contribution in [2.45, 2.75) is 45.0 Å². The lowest BCUT2D eigenvalue weighted by atomic mass is 10.1. The standard InChI is InChI=1S/C15H24OSi/c1-5-15(14-12-10-9-11-13-14)16-17(6-2,7-3)8-4/h5,9-13,15H,1,6-8H2,2-4H3. The molecule has 2 heteroatoms. The minimum absolute atomic E-state index is 0.0581. The molecule has 0 aliphatic carbocycles. The summed E-state index contributed by atoms with van der Waals surface area (Å²) >= 11 is 0. The second-order valence-corrected chi connectivity index (χ2v) is 9.15. The molecule has 0 saturated carbocycles. The third-order valence-corrected chi connectivity index (χ3v) is 8.27. The van der Waals surface area contributed by atoms with Crippen LogP contribution >= 0.6 is 0 Å². The SMILES string of the molecule is C=CC(O[Si](CC)(CC)CC)c1ccccc1. The molecule has 0 saturated heterocycles. The van der Waals surface area contributed by atoms with Crippen LogP contribution in [0.25, 0.3) is 0 Å². The van der Waals surface area contributed by atoms with E-state index in [0.29, 0.717) is 0 Å². The molecule has 0 aliphatic heterocycles. The summed E-state index contributed by atoms with van der Waals surface area (Å²) < 4.78 is 6.44. The van der Waals surface area contributed by atoms with Gasteiger partial charge in [-0.2, -0.15) is 0 Å². The van der Waals surface area contributed by atoms with Crippen LogP contribution in [0.2, 0.25) is 18.1 Å². The number of rotatable bonds is 7. The lowest BCUT2D eigenvalue weighted by molar-refractivity contribution is 0.238. The molecule has 94 valence electrons. The van der Waals surface area contributed by atoms with Gasteiger partial charge in [-0.15, -0.1) is 6.58 Å². The molecule has 1 atom stereocenters. The smallest absolute Gasteiger partial charge is 0.193 e. The van der Waals surface area contributed by atoms with E-state index in [2.05, 4.69) is 51.6 Å². The summed E-state index contributed by atoms with van der Waals surface area (Å²) in [5.74, 6) is 0. The minimum atomic E-state index is -1.56. The molecule has 0 aliphatic rings. The first-order valence-corrected chi connectivity index (χ1v) is 9.09. The highest BCUT2D eigenvalue weighted by atomic mass is 28.4. The van der Waals surface area contributed by atoms with Crippen LogP contribution in [0.4, 0.5) is 0 Å². The molecule has 1 rings (SSSR count). The topological polar surface area (TPSA) is 9.23 Å². The Bertz CT molecular complexity index is 322. The number of hydrogen-bond donors (Lipinski definition) is 0. The summed E-state index contributed by atoms with van der Waals surface area (Å²) in [5.41, 5.74) is 1.22. The second-order valence-electron chi connectivity index (χ2n) is 4.43. The fraction of sp³-hybridized carbons (Fsp3) is 0.467. The minimum Gasteiger partial charge on any atom is -0.407 e. The summed E-state index contributed by atoms with van der Waals surface area (Å²) in [7, 11) is -1.56. The molecule has 0 bridgehead atoms. The first-order valence-electron chi connectivity index (χ1n) is 6.56. The van der Waals surface area contributed by atoms with Crippen molar-refractivity contribution in [1.29, 1.82) is 0 Å². The Balaban J connectivity index is 2.86. The van der Waals surface area contributed by atoms with Crippen molar-refractivity contribution < 1.29 is 4.43 Å². The lowest BCUT2D eigenvalue weighted by Gasteiger charge is -2.32. The first kappa shape index (κ1) is 14.2. The highest BCUT2D eigenvalue weighted by Crippen LogP contribution is 2.30. The monoisotopic (exact) mass is 248 g/mol. The van der Waals surface area contributed by atoms with Crippen molar-refractivity contribution in [3.8, 4) is 0 Å². The number of benzene rings is 1. The Kier molecular flexibility index (Phi) is 5.66. The predicted molar refractivity (Wildman–Crippen MR) is 77.7 cm³/mol. The maximum absolute atomic E-state index is 6.44. The molecule has 0 heterocycles. The fourth-order valence-corrected chi connectivity index (χ4v) is 4.94. The normalized spacial score (nSPS) is 13.4. The Morgan fingerprint density at radius 3 is 2.06 bits per heavy atom. The van der Waals surface area contributed by atoms with E-state index >= 15 is 0 Å². The van der Waals surface area contributed by atoms with E-state index in [1.807, 2.05) is 12.1 Å². The molecule has 1 aromatic carbocycles. The molecular formula is C15H24OSi. The zero-order valence-corrected chi connectivity index (χ0v) is 12.3. The van der Waals surface area contributed by atoms with Crippen LogP contribution in [-0.4, -0.2) is 8.32 Å². The Morgan fingerprint density at radius 1 is 1.12 bits per heavy atom. The summed E-state index contributed by atoms with van der Waals surface area (Å²) in [5, 5.41) is 0. The molecule has 0 N–H and O–H groups in total. The molecule has 0 fully saturated rings. The van der Waals surface area contributed by atoms with Gasteiger partial charge in [0.1, 0.15) is 0 Å². The Labute approximate surface area is 107 Å². The third kappa shape index (κ3) is 3.55. The van der Waals surface area contributed by atoms with Crippen LogP contribution in [0.5, 0.6) is 0 Å². The average molecular weight is 248 g/mol. The average Bonchev–Trinajstić information content (AvgIpc) is 2.42. The molecule has 0 radical (unpaired) electrons. The molecule has 1 nitrogen and oxygen atoms in total. The molecule has 1 aromatic rings. The third-order valence-electron chi connectivity index (χ3n) is 3.65. The molecule has 1 unspecified atom stereocenters. The van der Waals surface area contributed by atoms with Crippen LogP contribution in [0.1, 0.15) is 32.4 Å². The van der Waals surface area contributed by atoms with Gasteiger partial charge in [-0.3, -0.25) is 0 Å². The van der Waals surface area contributed by atoms with Crippen LogP contribution < -0.4 is 0 Å². The largest absolute Gasteiger partial charge is 0.407 e. The summed E-state index contributed by atoms with van der Waals surface area (Å²) in [6.45, 7) is 10.7. The summed E-state index contributed by atoms with van der Waals surface area (Å²) in [4.78, 5) is 0. The predicted octanol–water partition coefficient (Wildman–Crippen LogP) is 4.94. The van der Waals surface area contributed by atoms with Gasteiger partial charge in [0, 0.05) is 0 Å². The van der Waals surface area contributed by atoms with Crippen LogP contribution in [0.3, 0.4) is 0 Å². The van der Waals surface area contributed by atoms with E-state index in [1.54, 1.807) is 0 Å². The van der Waals surface area contributed by atoms with Gasteiger partial charge in [0.25, 0.3) is 0 Å². The van der Waals surface area contributed by atoms with E-state index < -0.39 is 8.32 Å². The quantitative estimate of drug-likeness (QED) is 0.491. The molecule has 0 aromatic heterocycles. The van der Waals surface area contributed by atoms with Crippen LogP contribution in [-0.2, 0) is 4.43 Å². The highest BCUT2D eigenvalue weighted by Gasteiger charge is 2.31. The van der Waals surface area contributed by atoms with Crippen molar-refractivity contribution in [2.24, 2.45) is 0 Å². The van der Waals surface area contributed by atoms with Gasteiger partial charge < -0.3 is 4.43 Å². The van der Waals surface area contributed by atoms with Gasteiger partial charge >= 0.3 is 0 Å². The van der Waals surface area contributed by atoms with Gasteiger partial charge in [0.15, 0.2) is 8.32 Å². The Morgan fingerprint density at radius 2 is 1.65 bits per heavy atom. The number of hydrogen-bond acceptors (Lipinski definition) is 1. The van der Waals surface area contributed by atoms with E-state index in [0.717, 1.165) is 0 Å². The van der Waals surface area contributed by atoms with E-state index in [1.165, 1.54) is 23.7 Å². The summed E-state index contributed by atoms with van der Waals surface area (Å²) in [6.07, 6.45) is 1.99. The first-order chi connectivity index (χ1) is 8.21. The van der Waals surface area contributed by atoms with Crippen molar-refractivity contribution in [3.63, 3.8) is 0 Å². The summed E-state index contributed by atoms with van der Waals surface area (Å²) in [6, 6.07) is 13.9. The van der Waals surface area contributed by atoms with Gasteiger partial charge in [-0.1, -0.05) is 57.2 Å². The maximum atomic E-state index is 6.44. The zero-order valence-electron chi connectivity index (χ0n) is 11.3. The molecule has 0 amide bonds. The van der Waals surface area contributed by atoms with Crippen molar-refractivity contribution in [2.75, 3.05) is 0 Å². The molecule has 17 heavy (non-hydrogen) atoms. The molecule has 0 spiro atoms. The van der Waals surface area contributed by atoms with Gasteiger partial charge in [-0.05, 0) is 23.7 Å². The van der Waals surface area contributed by atoms with E-state index in [-0.39, 0.29) is 6.10 Å². The molecular weight excluding hydrogens is 224 g/mol. The van der Waals surface area contributed by atoms with Crippen molar-refractivity contribution >= 4 is 8.32 Å². The van der Waals surface area contributed by atoms with Crippen LogP contribution in [0, 0.1) is 0 Å². The lowest BCUT2D eigenvalue weighted by Crippen LogP contribution is -2.36. The van der Waals surface area contributed by atoms with Gasteiger partial charge in [0.2, 0.25) is 0 Å². The van der Waals surface area contributed by atoms with Crippen LogP contribution in [0.15, 0.2) is 43.0 Å². The van der Waals surface area contributed by atoms with E-state index in [9.17, 15) is 0 Å². The van der Waals surface area contributed by atoms with Crippen molar-refractivity contribution in [1.82, 2.24) is 0 Å². The Hall–Kier alpha value is -0.863. The fourth-order valence-electron chi connectivity index (χ4n) is 2.16.